The van der Waals surface area contributed by atoms with Crippen molar-refractivity contribution in [3.8, 4) is 16.9 Å². The van der Waals surface area contributed by atoms with Crippen LogP contribution in [-0.2, 0) is 11.9 Å². The van der Waals surface area contributed by atoms with Gasteiger partial charge >= 0.3 is 6.18 Å². The van der Waals surface area contributed by atoms with E-state index < -0.39 is 23.4 Å². The van der Waals surface area contributed by atoms with Crippen molar-refractivity contribution < 1.29 is 22.0 Å². The zero-order chi connectivity index (χ0) is 22.0. The van der Waals surface area contributed by atoms with E-state index in [9.17, 15) is 22.0 Å². The first-order valence-electron chi connectivity index (χ1n) is 9.20. The smallest absolute Gasteiger partial charge is 0.294 e. The van der Waals surface area contributed by atoms with Crippen LogP contribution in [0.3, 0.4) is 0 Å². The molecule has 3 aromatic carbocycles. The highest BCUT2D eigenvalue weighted by Gasteiger charge is 2.29. The van der Waals surface area contributed by atoms with Crippen molar-refractivity contribution >= 4 is 11.8 Å². The summed E-state index contributed by atoms with van der Waals surface area (Å²) in [5, 5.41) is 0.462. The molecule has 4 aromatic rings. The van der Waals surface area contributed by atoms with Crippen LogP contribution in [0.1, 0.15) is 11.1 Å². The van der Waals surface area contributed by atoms with Gasteiger partial charge < -0.3 is 0 Å². The van der Waals surface area contributed by atoms with E-state index in [1.54, 1.807) is 10.8 Å². The number of rotatable bonds is 5. The van der Waals surface area contributed by atoms with Gasteiger partial charge in [-0.25, -0.2) is 13.8 Å². The van der Waals surface area contributed by atoms with Gasteiger partial charge in [-0.2, -0.15) is 13.2 Å². The van der Waals surface area contributed by atoms with Crippen molar-refractivity contribution in [2.75, 3.05) is 0 Å². The van der Waals surface area contributed by atoms with Gasteiger partial charge in [0.1, 0.15) is 11.6 Å². The van der Waals surface area contributed by atoms with Crippen molar-refractivity contribution in [1.82, 2.24) is 9.55 Å². The number of alkyl halides is 3. The average molecular weight is 446 g/mol. The lowest BCUT2D eigenvalue weighted by Crippen LogP contribution is -2.04. The molecule has 8 heteroatoms. The van der Waals surface area contributed by atoms with E-state index in [1.165, 1.54) is 36.0 Å². The zero-order valence-corrected chi connectivity index (χ0v) is 16.7. The molecule has 31 heavy (non-hydrogen) atoms. The minimum atomic E-state index is -4.39. The maximum absolute atomic E-state index is 13.8. The van der Waals surface area contributed by atoms with Crippen LogP contribution in [0.15, 0.2) is 84.1 Å². The average Bonchev–Trinajstić information content (AvgIpc) is 3.16. The van der Waals surface area contributed by atoms with Gasteiger partial charge in [-0.3, -0.25) is 4.57 Å². The van der Waals surface area contributed by atoms with E-state index in [2.05, 4.69) is 4.98 Å². The number of nitrogens with zero attached hydrogens (tertiary/aromatic N) is 2. The number of thioether (sulfide) groups is 1. The minimum Gasteiger partial charge on any atom is -0.294 e. The maximum Gasteiger partial charge on any atom is 0.416 e. The van der Waals surface area contributed by atoms with Gasteiger partial charge in [0.2, 0.25) is 0 Å². The molecule has 0 unspecified atom stereocenters. The fourth-order valence-electron chi connectivity index (χ4n) is 3.01. The largest absolute Gasteiger partial charge is 0.416 e. The molecule has 2 nitrogen and oxygen atoms in total. The molecule has 0 saturated carbocycles. The van der Waals surface area contributed by atoms with Crippen LogP contribution >= 0.6 is 11.8 Å². The molecule has 0 aliphatic carbocycles. The third-order valence-corrected chi connectivity index (χ3v) is 5.54. The van der Waals surface area contributed by atoms with Crippen LogP contribution in [0.5, 0.6) is 0 Å². The number of benzene rings is 3. The van der Waals surface area contributed by atoms with Gasteiger partial charge in [0, 0.05) is 23.6 Å². The Kier molecular flexibility index (Phi) is 5.82. The first-order chi connectivity index (χ1) is 14.8. The number of hydrogen-bond acceptors (Lipinski definition) is 2. The second-order valence-electron chi connectivity index (χ2n) is 6.76. The second kappa shape index (κ2) is 8.55. The first kappa shape index (κ1) is 21.1. The monoisotopic (exact) mass is 446 g/mol. The fourth-order valence-corrected chi connectivity index (χ4v) is 3.96. The molecule has 0 spiro atoms. The Labute approximate surface area is 179 Å². The highest BCUT2D eigenvalue weighted by atomic mass is 32.2. The van der Waals surface area contributed by atoms with Crippen LogP contribution in [0.2, 0.25) is 0 Å². The van der Waals surface area contributed by atoms with E-state index in [0.29, 0.717) is 22.2 Å². The summed E-state index contributed by atoms with van der Waals surface area (Å²) in [5.74, 6) is -1.10. The van der Waals surface area contributed by atoms with Crippen molar-refractivity contribution in [2.45, 2.75) is 17.1 Å². The highest BCUT2D eigenvalue weighted by molar-refractivity contribution is 7.98. The summed E-state index contributed by atoms with van der Waals surface area (Å²) >= 11 is 1.26. The summed E-state index contributed by atoms with van der Waals surface area (Å²) < 4.78 is 67.4. The van der Waals surface area contributed by atoms with Gasteiger partial charge in [-0.15, -0.1) is 0 Å². The zero-order valence-electron chi connectivity index (χ0n) is 15.9. The lowest BCUT2D eigenvalue weighted by molar-refractivity contribution is -0.137. The standard InChI is InChI=1S/C23H15F5N2S/c24-18-10-19(25)12-20(11-18)30-13-21(16-4-2-1-3-5-16)29-22(30)31-14-15-6-8-17(9-7-15)23(26,27)28/h1-13H,14H2. The SMILES string of the molecule is Fc1cc(F)cc(-n2cc(-c3ccccc3)nc2SCc2ccc(C(F)(F)F)cc2)c1. The fraction of sp³-hybridized carbons (Fsp3) is 0.0870. The van der Waals surface area contributed by atoms with Crippen molar-refractivity contribution in [2.24, 2.45) is 0 Å². The van der Waals surface area contributed by atoms with E-state index in [4.69, 9.17) is 0 Å². The number of aromatic nitrogens is 2. The molecule has 1 heterocycles. The molecule has 1 aromatic heterocycles. The lowest BCUT2D eigenvalue weighted by atomic mass is 10.1. The maximum atomic E-state index is 13.8. The molecule has 0 fully saturated rings. The van der Waals surface area contributed by atoms with Crippen molar-refractivity contribution in [3.05, 3.63) is 102 Å². The first-order valence-corrected chi connectivity index (χ1v) is 10.2. The van der Waals surface area contributed by atoms with E-state index >= 15 is 0 Å². The van der Waals surface area contributed by atoms with Crippen LogP contribution in [-0.4, -0.2) is 9.55 Å². The molecule has 0 aliphatic rings. The van der Waals surface area contributed by atoms with Crippen LogP contribution in [0, 0.1) is 11.6 Å². The van der Waals surface area contributed by atoms with E-state index in [-0.39, 0.29) is 5.69 Å². The molecule has 0 bridgehead atoms. The minimum absolute atomic E-state index is 0.266. The Morgan fingerprint density at radius 2 is 1.48 bits per heavy atom. The van der Waals surface area contributed by atoms with Gasteiger partial charge in [-0.1, -0.05) is 54.2 Å². The third kappa shape index (κ3) is 4.96. The number of imidazole rings is 1. The van der Waals surface area contributed by atoms with E-state index in [1.807, 2.05) is 30.3 Å². The molecular formula is C23H15F5N2S. The van der Waals surface area contributed by atoms with Crippen LogP contribution < -0.4 is 0 Å². The molecule has 0 N–H and O–H groups in total. The molecule has 0 aliphatic heterocycles. The molecule has 0 atom stereocenters. The Morgan fingerprint density at radius 1 is 0.839 bits per heavy atom. The summed E-state index contributed by atoms with van der Waals surface area (Å²) in [4.78, 5) is 4.59. The quantitative estimate of drug-likeness (QED) is 0.240. The molecular weight excluding hydrogens is 431 g/mol. The Hall–Kier alpha value is -3.13. The Morgan fingerprint density at radius 3 is 2.10 bits per heavy atom. The Balaban J connectivity index is 1.66. The number of halogens is 5. The van der Waals surface area contributed by atoms with Crippen molar-refractivity contribution in [3.63, 3.8) is 0 Å². The van der Waals surface area contributed by atoms with Gasteiger partial charge in [0.15, 0.2) is 5.16 Å². The summed E-state index contributed by atoms with van der Waals surface area (Å²) in [6.07, 6.45) is -2.72. The summed E-state index contributed by atoms with van der Waals surface area (Å²) in [6.45, 7) is 0. The predicted molar refractivity (Wildman–Crippen MR) is 110 cm³/mol. The highest BCUT2D eigenvalue weighted by Crippen LogP contribution is 2.32. The lowest BCUT2D eigenvalue weighted by Gasteiger charge is -2.09. The molecule has 0 saturated heterocycles. The van der Waals surface area contributed by atoms with Crippen molar-refractivity contribution in [1.29, 1.82) is 0 Å². The van der Waals surface area contributed by atoms with Gasteiger partial charge in [-0.05, 0) is 29.8 Å². The summed E-state index contributed by atoms with van der Waals surface area (Å²) in [6, 6.07) is 17.3. The molecule has 4 rings (SSSR count). The third-order valence-electron chi connectivity index (χ3n) is 4.52. The summed E-state index contributed by atoms with van der Waals surface area (Å²) in [7, 11) is 0. The van der Waals surface area contributed by atoms with Crippen LogP contribution in [0.25, 0.3) is 16.9 Å². The molecule has 0 radical (unpaired) electrons. The van der Waals surface area contributed by atoms with Crippen LogP contribution in [0.4, 0.5) is 22.0 Å². The van der Waals surface area contributed by atoms with E-state index in [0.717, 1.165) is 23.8 Å². The number of hydrogen-bond donors (Lipinski definition) is 0. The predicted octanol–water partition coefficient (Wildman–Crippen LogP) is 7.13. The van der Waals surface area contributed by atoms with Gasteiger partial charge in [0.05, 0.1) is 16.9 Å². The normalized spacial score (nSPS) is 11.6. The molecule has 0 amide bonds. The Bertz CT molecular complexity index is 1160. The van der Waals surface area contributed by atoms with Gasteiger partial charge in [0.25, 0.3) is 0 Å². The summed E-state index contributed by atoms with van der Waals surface area (Å²) in [5.41, 5.74) is 1.65. The molecule has 158 valence electrons. The second-order valence-corrected chi connectivity index (χ2v) is 7.70. The topological polar surface area (TPSA) is 17.8 Å².